The van der Waals surface area contributed by atoms with E-state index < -0.39 is 0 Å². The molecule has 252 valence electrons. The quantitative estimate of drug-likeness (QED) is 0.171. The van der Waals surface area contributed by atoms with Crippen molar-refractivity contribution in [3.8, 4) is 44.8 Å². The Morgan fingerprint density at radius 1 is 0.259 bits per heavy atom. The van der Waals surface area contributed by atoms with E-state index in [0.717, 1.165) is 5.69 Å². The third-order valence-electron chi connectivity index (χ3n) is 11.1. The molecule has 9 aromatic carbocycles. The van der Waals surface area contributed by atoms with Crippen LogP contribution in [0.25, 0.3) is 99.1 Å². The van der Waals surface area contributed by atoms with Crippen molar-refractivity contribution in [1.82, 2.24) is 9.13 Å². The van der Waals surface area contributed by atoms with Crippen LogP contribution in [0.15, 0.2) is 206 Å². The van der Waals surface area contributed by atoms with E-state index in [4.69, 9.17) is 0 Å². The molecule has 2 heterocycles. The predicted octanol–water partition coefficient (Wildman–Crippen LogP) is 14.0. The first-order valence-corrected chi connectivity index (χ1v) is 18.6. The number of hydrogen-bond acceptors (Lipinski definition) is 0. The van der Waals surface area contributed by atoms with Crippen molar-refractivity contribution in [3.63, 3.8) is 0 Å². The molecule has 2 nitrogen and oxygen atoms in total. The zero-order chi connectivity index (χ0) is 35.6. The molecule has 2 aromatic heterocycles. The highest BCUT2D eigenvalue weighted by Gasteiger charge is 2.18. The molecule has 0 bridgehead atoms. The molecule has 2 heteroatoms. The number of hydrogen-bond donors (Lipinski definition) is 0. The van der Waals surface area contributed by atoms with Crippen molar-refractivity contribution in [2.45, 2.75) is 0 Å². The lowest BCUT2D eigenvalue weighted by Gasteiger charge is -2.14. The molecule has 0 saturated carbocycles. The molecule has 0 N–H and O–H groups in total. The van der Waals surface area contributed by atoms with E-state index in [1.54, 1.807) is 0 Å². The number of aromatic nitrogens is 2. The zero-order valence-corrected chi connectivity index (χ0v) is 29.5. The minimum Gasteiger partial charge on any atom is -0.309 e. The predicted molar refractivity (Wildman–Crippen MR) is 229 cm³/mol. The molecule has 54 heavy (non-hydrogen) atoms. The summed E-state index contributed by atoms with van der Waals surface area (Å²) in [7, 11) is 0. The lowest BCUT2D eigenvalue weighted by atomic mass is 10.0. The molecule has 0 aliphatic rings. The van der Waals surface area contributed by atoms with E-state index in [9.17, 15) is 0 Å². The average molecular weight is 687 g/mol. The first kappa shape index (κ1) is 30.5. The number of nitrogens with zero attached hydrogens (tertiary/aromatic N) is 2. The average Bonchev–Trinajstić information content (AvgIpc) is 3.76. The van der Waals surface area contributed by atoms with Gasteiger partial charge in [0.1, 0.15) is 0 Å². The van der Waals surface area contributed by atoms with Gasteiger partial charge in [0.2, 0.25) is 0 Å². The minimum atomic E-state index is 1.16. The van der Waals surface area contributed by atoms with Crippen LogP contribution < -0.4 is 0 Å². The van der Waals surface area contributed by atoms with Crippen LogP contribution in [-0.2, 0) is 0 Å². The van der Waals surface area contributed by atoms with E-state index in [-0.39, 0.29) is 0 Å². The fourth-order valence-corrected chi connectivity index (χ4v) is 8.56. The van der Waals surface area contributed by atoms with E-state index in [1.807, 2.05) is 0 Å². The molecular weight excluding hydrogens is 653 g/mol. The Labute approximate surface area is 313 Å². The van der Waals surface area contributed by atoms with Gasteiger partial charge in [-0.05, 0) is 93.2 Å². The second kappa shape index (κ2) is 12.2. The van der Waals surface area contributed by atoms with Gasteiger partial charge in [0.25, 0.3) is 0 Å². The highest BCUT2D eigenvalue weighted by molar-refractivity contribution is 6.12. The Morgan fingerprint density at radius 2 is 0.833 bits per heavy atom. The fourth-order valence-electron chi connectivity index (χ4n) is 8.56. The minimum absolute atomic E-state index is 1.16. The molecule has 0 saturated heterocycles. The van der Waals surface area contributed by atoms with Gasteiger partial charge >= 0.3 is 0 Å². The second-order valence-corrected chi connectivity index (χ2v) is 14.2. The summed E-state index contributed by atoms with van der Waals surface area (Å²) >= 11 is 0. The normalized spacial score (nSPS) is 11.7. The maximum Gasteiger partial charge on any atom is 0.0547 e. The summed E-state index contributed by atoms with van der Waals surface area (Å²) in [5, 5.41) is 7.51. The summed E-state index contributed by atoms with van der Waals surface area (Å²) in [6.07, 6.45) is 0. The van der Waals surface area contributed by atoms with Gasteiger partial charge in [0, 0.05) is 32.8 Å². The van der Waals surface area contributed by atoms with E-state index in [0.29, 0.717) is 0 Å². The van der Waals surface area contributed by atoms with Crippen LogP contribution >= 0.6 is 0 Å². The molecule has 11 rings (SSSR count). The van der Waals surface area contributed by atoms with Crippen molar-refractivity contribution in [1.29, 1.82) is 0 Å². The Hall–Kier alpha value is -7.16. The van der Waals surface area contributed by atoms with Crippen LogP contribution in [0.4, 0.5) is 0 Å². The summed E-state index contributed by atoms with van der Waals surface area (Å²) in [6.45, 7) is 0. The SMILES string of the molecule is c1ccc(-c2ccccc2-n2c3ccccc3c3ccc(-c4ccc5c(c4)c4ccccc4n5-c4cccc(-c5ccc6ccccc6c5)c4)cc32)cc1. The summed E-state index contributed by atoms with van der Waals surface area (Å²) < 4.78 is 4.87. The summed E-state index contributed by atoms with van der Waals surface area (Å²) in [5.41, 5.74) is 14.4. The van der Waals surface area contributed by atoms with E-state index >= 15 is 0 Å². The summed E-state index contributed by atoms with van der Waals surface area (Å²) in [5.74, 6) is 0. The Morgan fingerprint density at radius 3 is 1.70 bits per heavy atom. The zero-order valence-electron chi connectivity index (χ0n) is 29.5. The van der Waals surface area contributed by atoms with E-state index in [2.05, 4.69) is 215 Å². The molecule has 0 fully saturated rings. The topological polar surface area (TPSA) is 9.86 Å². The largest absolute Gasteiger partial charge is 0.309 e. The smallest absolute Gasteiger partial charge is 0.0547 e. The van der Waals surface area contributed by atoms with Gasteiger partial charge in [-0.2, -0.15) is 0 Å². The number of fused-ring (bicyclic) bond motifs is 7. The summed E-state index contributed by atoms with van der Waals surface area (Å²) in [6, 6.07) is 75.2. The molecular formula is C52H34N2. The second-order valence-electron chi connectivity index (χ2n) is 14.2. The third kappa shape index (κ3) is 4.81. The molecule has 0 aliphatic heterocycles. The van der Waals surface area contributed by atoms with Gasteiger partial charge in [-0.25, -0.2) is 0 Å². The standard InChI is InChI=1S/C52H34N2/c1-2-14-36(15-3-1)43-19-6-9-22-48(43)54-50-24-11-7-20-44(50)46-29-27-41(34-52(46)54)40-28-30-51-47(33-40)45-21-8-10-23-49(45)53(51)42-18-12-17-38(32-42)39-26-25-35-13-4-5-16-37(35)31-39/h1-34H. The maximum absolute atomic E-state index is 2.45. The Balaban J connectivity index is 1.08. The molecule has 0 aliphatic carbocycles. The maximum atomic E-state index is 2.45. The number of rotatable bonds is 5. The van der Waals surface area contributed by atoms with Crippen LogP contribution in [-0.4, -0.2) is 9.13 Å². The highest BCUT2D eigenvalue weighted by Crippen LogP contribution is 2.40. The highest BCUT2D eigenvalue weighted by atomic mass is 15.0. The van der Waals surface area contributed by atoms with Gasteiger partial charge in [-0.3, -0.25) is 0 Å². The molecule has 0 atom stereocenters. The van der Waals surface area contributed by atoms with Crippen LogP contribution in [0.5, 0.6) is 0 Å². The Kier molecular flexibility index (Phi) is 6.90. The van der Waals surface area contributed by atoms with E-state index in [1.165, 1.54) is 93.5 Å². The number of para-hydroxylation sites is 3. The van der Waals surface area contributed by atoms with Crippen molar-refractivity contribution < 1.29 is 0 Å². The Bertz CT molecular complexity index is 3220. The molecule has 0 radical (unpaired) electrons. The van der Waals surface area contributed by atoms with Crippen LogP contribution in [0, 0.1) is 0 Å². The fraction of sp³-hybridized carbons (Fsp3) is 0. The lowest BCUT2D eigenvalue weighted by Crippen LogP contribution is -1.97. The third-order valence-corrected chi connectivity index (χ3v) is 11.1. The van der Waals surface area contributed by atoms with Crippen molar-refractivity contribution >= 4 is 54.4 Å². The van der Waals surface area contributed by atoms with Gasteiger partial charge < -0.3 is 9.13 Å². The molecule has 0 amide bonds. The first-order valence-electron chi connectivity index (χ1n) is 18.6. The first-order chi connectivity index (χ1) is 26.8. The van der Waals surface area contributed by atoms with Gasteiger partial charge in [0.15, 0.2) is 0 Å². The van der Waals surface area contributed by atoms with Crippen LogP contribution in [0.1, 0.15) is 0 Å². The lowest BCUT2D eigenvalue weighted by molar-refractivity contribution is 1.18. The van der Waals surface area contributed by atoms with Gasteiger partial charge in [-0.1, -0.05) is 152 Å². The van der Waals surface area contributed by atoms with Gasteiger partial charge in [0.05, 0.1) is 27.8 Å². The van der Waals surface area contributed by atoms with Crippen molar-refractivity contribution in [2.24, 2.45) is 0 Å². The monoisotopic (exact) mass is 686 g/mol. The molecule has 11 aromatic rings. The number of benzene rings is 9. The van der Waals surface area contributed by atoms with Crippen LogP contribution in [0.2, 0.25) is 0 Å². The van der Waals surface area contributed by atoms with Crippen molar-refractivity contribution in [2.75, 3.05) is 0 Å². The van der Waals surface area contributed by atoms with Crippen LogP contribution in [0.3, 0.4) is 0 Å². The van der Waals surface area contributed by atoms with Crippen molar-refractivity contribution in [3.05, 3.63) is 206 Å². The van der Waals surface area contributed by atoms with Gasteiger partial charge in [-0.15, -0.1) is 0 Å². The molecule has 0 unspecified atom stereocenters. The summed E-state index contributed by atoms with van der Waals surface area (Å²) in [4.78, 5) is 0. The molecule has 0 spiro atoms.